The monoisotopic (exact) mass is 320 g/mol. The third-order valence-electron chi connectivity index (χ3n) is 3.01. The molecule has 0 bridgehead atoms. The Morgan fingerprint density at radius 2 is 2.05 bits per heavy atom. The number of pyridine rings is 1. The molecule has 0 atom stereocenters. The molecule has 2 aromatic heterocycles. The van der Waals surface area contributed by atoms with E-state index in [1.54, 1.807) is 6.34 Å². The summed E-state index contributed by atoms with van der Waals surface area (Å²) in [7, 11) is 9.06. The Labute approximate surface area is 134 Å². The van der Waals surface area contributed by atoms with Gasteiger partial charge in [-0.1, -0.05) is 0 Å². The molecule has 0 spiro atoms. The lowest BCUT2D eigenvalue weighted by Crippen LogP contribution is -2.10. The van der Waals surface area contributed by atoms with Crippen LogP contribution in [0.3, 0.4) is 0 Å². The fraction of sp³-hybridized carbons (Fsp3) is 0.400. The molecule has 0 aliphatic rings. The lowest BCUT2D eigenvalue weighted by molar-refractivity contribution is 0.0607. The molecule has 0 saturated carbocycles. The number of anilines is 1. The number of hydrogen-bond acceptors (Lipinski definition) is 6. The zero-order valence-electron chi connectivity index (χ0n) is 13.7. The minimum atomic E-state index is -0.392. The number of hydrogen-bond donors (Lipinski definition) is 0. The summed E-state index contributed by atoms with van der Waals surface area (Å²) in [6.45, 7) is 1.94. The molecule has 6 nitrogen and oxygen atoms in total. The van der Waals surface area contributed by atoms with Crippen molar-refractivity contribution in [2.45, 2.75) is 6.92 Å². The number of methoxy groups -OCH3 is 1. The molecule has 2 rings (SSSR count). The van der Waals surface area contributed by atoms with Crippen LogP contribution in [0.25, 0.3) is 10.2 Å². The van der Waals surface area contributed by atoms with Crippen molar-refractivity contribution in [1.82, 2.24) is 9.88 Å². The molecule has 0 N–H and O–H groups in total. The second-order valence-corrected chi connectivity index (χ2v) is 6.34. The molecule has 7 heteroatoms. The predicted octanol–water partition coefficient (Wildman–Crippen LogP) is 2.68. The summed E-state index contributed by atoms with van der Waals surface area (Å²) in [6, 6.07) is 1.99. The van der Waals surface area contributed by atoms with Crippen LogP contribution in [-0.2, 0) is 4.74 Å². The van der Waals surface area contributed by atoms with E-state index in [4.69, 9.17) is 4.74 Å². The molecule has 0 aromatic carbocycles. The highest BCUT2D eigenvalue weighted by molar-refractivity contribution is 7.21. The normalized spacial score (nSPS) is 11.2. The van der Waals surface area contributed by atoms with Crippen molar-refractivity contribution in [3.8, 4) is 0 Å². The van der Waals surface area contributed by atoms with Crippen molar-refractivity contribution in [2.75, 3.05) is 40.2 Å². The molecule has 0 fully saturated rings. The Balaban J connectivity index is 2.82. The van der Waals surface area contributed by atoms with Crippen molar-refractivity contribution in [2.24, 2.45) is 4.99 Å². The van der Waals surface area contributed by atoms with Crippen molar-refractivity contribution in [3.63, 3.8) is 0 Å². The first-order valence-electron chi connectivity index (χ1n) is 6.75. The van der Waals surface area contributed by atoms with E-state index in [1.807, 2.05) is 51.0 Å². The van der Waals surface area contributed by atoms with E-state index in [9.17, 15) is 4.79 Å². The van der Waals surface area contributed by atoms with E-state index in [0.717, 1.165) is 21.6 Å². The minimum absolute atomic E-state index is 0.392. The van der Waals surface area contributed by atoms with Gasteiger partial charge in [-0.2, -0.15) is 0 Å². The van der Waals surface area contributed by atoms with Crippen LogP contribution in [0.1, 0.15) is 15.4 Å². The van der Waals surface area contributed by atoms with Crippen LogP contribution >= 0.6 is 11.3 Å². The highest BCUT2D eigenvalue weighted by Crippen LogP contribution is 2.42. The van der Waals surface area contributed by atoms with Gasteiger partial charge in [-0.05, 0) is 13.0 Å². The average Bonchev–Trinajstić information content (AvgIpc) is 2.81. The summed E-state index contributed by atoms with van der Waals surface area (Å²) >= 11 is 1.31. The summed E-state index contributed by atoms with van der Waals surface area (Å²) in [5.41, 5.74) is 2.49. The average molecular weight is 320 g/mol. The molecule has 0 unspecified atom stereocenters. The number of aromatic nitrogens is 1. The van der Waals surface area contributed by atoms with Crippen LogP contribution in [0.5, 0.6) is 0 Å². The molecule has 0 aliphatic carbocycles. The Kier molecular flexibility index (Phi) is 4.65. The van der Waals surface area contributed by atoms with Crippen molar-refractivity contribution in [1.29, 1.82) is 0 Å². The number of aryl methyl sites for hydroxylation is 1. The summed E-state index contributed by atoms with van der Waals surface area (Å²) in [5, 5.41) is 0.874. The molecule has 2 aromatic rings. The first-order valence-corrected chi connectivity index (χ1v) is 7.57. The van der Waals surface area contributed by atoms with E-state index in [2.05, 4.69) is 9.98 Å². The second-order valence-electron chi connectivity index (χ2n) is 5.34. The molecule has 0 aliphatic heterocycles. The van der Waals surface area contributed by atoms with Gasteiger partial charge in [0.1, 0.15) is 15.4 Å². The predicted molar refractivity (Wildman–Crippen MR) is 91.9 cm³/mol. The number of nitrogens with zero attached hydrogens (tertiary/aromatic N) is 4. The van der Waals surface area contributed by atoms with Gasteiger partial charge in [0, 0.05) is 33.9 Å². The first-order chi connectivity index (χ1) is 10.3. The number of esters is 1. The van der Waals surface area contributed by atoms with E-state index in [1.165, 1.54) is 18.4 Å². The zero-order valence-corrected chi connectivity index (χ0v) is 14.5. The third kappa shape index (κ3) is 3.04. The van der Waals surface area contributed by atoms with Gasteiger partial charge in [-0.15, -0.1) is 11.3 Å². The second kappa shape index (κ2) is 6.31. The van der Waals surface area contributed by atoms with Crippen molar-refractivity contribution < 1.29 is 9.53 Å². The maximum atomic E-state index is 12.1. The van der Waals surface area contributed by atoms with Gasteiger partial charge in [-0.25, -0.2) is 14.8 Å². The number of ether oxygens (including phenoxy) is 1. The van der Waals surface area contributed by atoms with Gasteiger partial charge in [0.25, 0.3) is 0 Å². The Morgan fingerprint density at radius 3 is 2.59 bits per heavy atom. The summed E-state index contributed by atoms with van der Waals surface area (Å²) < 4.78 is 4.89. The fourth-order valence-corrected chi connectivity index (χ4v) is 3.17. The smallest absolute Gasteiger partial charge is 0.350 e. The summed E-state index contributed by atoms with van der Waals surface area (Å²) in [5.74, 6) is -0.392. The molecule has 0 radical (unpaired) electrons. The molecule has 22 heavy (non-hydrogen) atoms. The standard InChI is InChI=1S/C15H20N4O2S/c1-9-7-10(19(4)5)11-12(16-8-18(2)3)13(15(20)21-6)22-14(11)17-9/h7-8H,1-6H3. The molecule has 118 valence electrons. The SMILES string of the molecule is COC(=O)c1sc2nc(C)cc(N(C)C)c2c1N=CN(C)C. The third-order valence-corrected chi connectivity index (χ3v) is 4.07. The fourth-order valence-electron chi connectivity index (χ4n) is 2.06. The van der Waals surface area contributed by atoms with E-state index >= 15 is 0 Å². The molecular formula is C15H20N4O2S. The van der Waals surface area contributed by atoms with E-state index < -0.39 is 5.97 Å². The first kappa shape index (κ1) is 16.2. The van der Waals surface area contributed by atoms with Gasteiger partial charge in [0.2, 0.25) is 0 Å². The van der Waals surface area contributed by atoms with E-state index in [0.29, 0.717) is 10.6 Å². The van der Waals surface area contributed by atoms with Crippen LogP contribution in [0, 0.1) is 6.92 Å². The quantitative estimate of drug-likeness (QED) is 0.492. The highest BCUT2D eigenvalue weighted by atomic mass is 32.1. The largest absolute Gasteiger partial charge is 0.465 e. The number of carbonyl (C=O) groups is 1. The summed E-state index contributed by atoms with van der Waals surface area (Å²) in [4.78, 5) is 26.2. The van der Waals surface area contributed by atoms with E-state index in [-0.39, 0.29) is 0 Å². The Hall–Kier alpha value is -2.15. The van der Waals surface area contributed by atoms with Crippen molar-refractivity contribution >= 4 is 45.2 Å². The highest BCUT2D eigenvalue weighted by Gasteiger charge is 2.22. The number of fused-ring (bicyclic) bond motifs is 1. The lowest BCUT2D eigenvalue weighted by Gasteiger charge is -2.15. The van der Waals surface area contributed by atoms with Gasteiger partial charge in [-0.3, -0.25) is 0 Å². The van der Waals surface area contributed by atoms with Gasteiger partial charge >= 0.3 is 5.97 Å². The number of carbonyl (C=O) groups excluding carboxylic acids is 1. The number of thiophene rings is 1. The molecule has 0 saturated heterocycles. The summed E-state index contributed by atoms with van der Waals surface area (Å²) in [6.07, 6.45) is 1.67. The van der Waals surface area contributed by atoms with Crippen LogP contribution in [0.4, 0.5) is 11.4 Å². The molecule has 2 heterocycles. The lowest BCUT2D eigenvalue weighted by atomic mass is 10.2. The Morgan fingerprint density at radius 1 is 1.36 bits per heavy atom. The van der Waals surface area contributed by atoms with Gasteiger partial charge in [0.15, 0.2) is 0 Å². The van der Waals surface area contributed by atoms with Gasteiger partial charge < -0.3 is 14.5 Å². The van der Waals surface area contributed by atoms with Gasteiger partial charge in [0.05, 0.1) is 24.5 Å². The molecular weight excluding hydrogens is 300 g/mol. The number of rotatable bonds is 4. The van der Waals surface area contributed by atoms with Crippen LogP contribution < -0.4 is 4.90 Å². The number of aliphatic imine (C=N–C) groups is 1. The minimum Gasteiger partial charge on any atom is -0.465 e. The Bertz CT molecular complexity index is 735. The van der Waals surface area contributed by atoms with Crippen LogP contribution in [0.15, 0.2) is 11.1 Å². The molecule has 0 amide bonds. The maximum Gasteiger partial charge on any atom is 0.350 e. The maximum absolute atomic E-state index is 12.1. The van der Waals surface area contributed by atoms with Crippen LogP contribution in [-0.4, -0.2) is 57.5 Å². The van der Waals surface area contributed by atoms with Crippen LogP contribution in [0.2, 0.25) is 0 Å². The van der Waals surface area contributed by atoms with Crippen molar-refractivity contribution in [3.05, 3.63) is 16.6 Å². The zero-order chi connectivity index (χ0) is 16.4. The topological polar surface area (TPSA) is 58.0 Å².